The molecule has 0 spiro atoms. The molecule has 0 fully saturated rings. The van der Waals surface area contributed by atoms with Gasteiger partial charge in [0.2, 0.25) is 0 Å². The Bertz CT molecular complexity index is 1130. The Labute approximate surface area is 182 Å². The fourth-order valence-corrected chi connectivity index (χ4v) is 3.40. The second-order valence-corrected chi connectivity index (χ2v) is 7.71. The molecule has 2 aromatic heterocycles. The lowest BCUT2D eigenvalue weighted by molar-refractivity contribution is 0.322. The smallest absolute Gasteiger partial charge is 0.160 e. The van der Waals surface area contributed by atoms with Crippen LogP contribution in [0.15, 0.2) is 52.8 Å². The highest BCUT2D eigenvalue weighted by Crippen LogP contribution is 2.31. The van der Waals surface area contributed by atoms with Crippen LogP contribution in [0.3, 0.4) is 0 Å². The molecule has 0 amide bonds. The number of aliphatic imine (C=N–C) groups is 1. The van der Waals surface area contributed by atoms with Crippen molar-refractivity contribution in [1.29, 1.82) is 0 Å². The number of nitrogens with zero attached hydrogens (tertiary/aromatic N) is 5. The minimum absolute atomic E-state index is 0.352. The van der Waals surface area contributed by atoms with Crippen LogP contribution in [-0.2, 0) is 6.54 Å². The van der Waals surface area contributed by atoms with Gasteiger partial charge in [-0.2, -0.15) is 0 Å². The van der Waals surface area contributed by atoms with Gasteiger partial charge in [0.1, 0.15) is 11.6 Å². The van der Waals surface area contributed by atoms with E-state index in [1.54, 1.807) is 13.1 Å². The van der Waals surface area contributed by atoms with Gasteiger partial charge in [-0.1, -0.05) is 0 Å². The highest BCUT2D eigenvalue weighted by molar-refractivity contribution is 5.98. The molecule has 2 heterocycles. The first-order valence-corrected chi connectivity index (χ1v) is 10.1. The average molecular weight is 425 g/mol. The fraction of sp³-hybridized carbons (Fsp3) is 0.348. The summed E-state index contributed by atoms with van der Waals surface area (Å²) in [7, 11) is 5.69. The molecule has 1 aromatic carbocycles. The maximum Gasteiger partial charge on any atom is 0.160 e. The molecule has 3 aromatic rings. The van der Waals surface area contributed by atoms with E-state index in [-0.39, 0.29) is 5.82 Å². The molecule has 0 bridgehead atoms. The zero-order chi connectivity index (χ0) is 22.5. The maximum atomic E-state index is 14.0. The van der Waals surface area contributed by atoms with E-state index in [0.717, 1.165) is 33.9 Å². The Kier molecular flexibility index (Phi) is 7.02. The van der Waals surface area contributed by atoms with Crippen LogP contribution in [0, 0.1) is 5.82 Å². The number of hydrogen-bond donors (Lipinski definition) is 1. The summed E-state index contributed by atoms with van der Waals surface area (Å²) in [4.78, 5) is 6.24. The molecule has 0 saturated heterocycles. The van der Waals surface area contributed by atoms with Crippen molar-refractivity contribution in [3.63, 3.8) is 0 Å². The molecule has 3 rings (SSSR count). The largest absolute Gasteiger partial charge is 0.492 e. The monoisotopic (exact) mass is 424 g/mol. The van der Waals surface area contributed by atoms with Gasteiger partial charge >= 0.3 is 0 Å². The van der Waals surface area contributed by atoms with E-state index >= 15 is 0 Å². The molecule has 0 aliphatic carbocycles. The van der Waals surface area contributed by atoms with Crippen molar-refractivity contribution >= 4 is 11.4 Å². The quantitative estimate of drug-likeness (QED) is 0.558. The van der Waals surface area contributed by atoms with Crippen LogP contribution in [0.2, 0.25) is 0 Å². The lowest BCUT2D eigenvalue weighted by atomic mass is 10.1. The first kappa shape index (κ1) is 22.4. The second-order valence-electron chi connectivity index (χ2n) is 7.71. The number of benzene rings is 1. The molecule has 31 heavy (non-hydrogen) atoms. The molecule has 0 unspecified atom stereocenters. The van der Waals surface area contributed by atoms with Crippen LogP contribution in [0.1, 0.15) is 26.1 Å². The zero-order valence-corrected chi connectivity index (χ0v) is 18.7. The zero-order valence-electron chi connectivity index (χ0n) is 18.7. The Morgan fingerprint density at radius 3 is 2.65 bits per heavy atom. The lowest BCUT2D eigenvalue weighted by Gasteiger charge is -2.14. The van der Waals surface area contributed by atoms with E-state index in [0.29, 0.717) is 31.0 Å². The van der Waals surface area contributed by atoms with Crippen molar-refractivity contribution in [1.82, 2.24) is 19.5 Å². The molecule has 164 valence electrons. The van der Waals surface area contributed by atoms with Crippen molar-refractivity contribution in [3.8, 4) is 16.9 Å². The highest BCUT2D eigenvalue weighted by Gasteiger charge is 2.13. The van der Waals surface area contributed by atoms with E-state index in [9.17, 15) is 4.39 Å². The van der Waals surface area contributed by atoms with E-state index in [1.165, 1.54) is 12.1 Å². The van der Waals surface area contributed by atoms with Gasteiger partial charge in [0, 0.05) is 48.3 Å². The number of allylic oxidation sites excluding steroid dienone is 1. The summed E-state index contributed by atoms with van der Waals surface area (Å²) in [6, 6.07) is 8.40. The number of aromatic nitrogens is 3. The summed E-state index contributed by atoms with van der Waals surface area (Å²) in [5.41, 5.74) is 11.0. The number of ether oxygens (including phenoxy) is 1. The predicted molar refractivity (Wildman–Crippen MR) is 122 cm³/mol. The average Bonchev–Trinajstić information content (AvgIpc) is 3.12. The molecule has 0 atom stereocenters. The van der Waals surface area contributed by atoms with Crippen molar-refractivity contribution in [2.45, 2.75) is 26.8 Å². The summed E-state index contributed by atoms with van der Waals surface area (Å²) in [5, 5.41) is 8.49. The van der Waals surface area contributed by atoms with Gasteiger partial charge in [-0.3, -0.25) is 9.39 Å². The number of pyridine rings is 1. The van der Waals surface area contributed by atoms with E-state index < -0.39 is 0 Å². The minimum Gasteiger partial charge on any atom is -0.492 e. The summed E-state index contributed by atoms with van der Waals surface area (Å²) >= 11 is 0. The SMILES string of the molecule is CN=C(C)/C(CCOc1cc(F)ccc1-c1ccc2nnc(CN(C)C)n2c1)=C(/C)N. The number of nitrogens with two attached hydrogens (primary N) is 1. The topological polar surface area (TPSA) is 81.0 Å². The van der Waals surface area contributed by atoms with Crippen LogP contribution < -0.4 is 10.5 Å². The Balaban J connectivity index is 1.90. The Morgan fingerprint density at radius 1 is 1.19 bits per heavy atom. The van der Waals surface area contributed by atoms with E-state index in [1.807, 2.05) is 55.6 Å². The molecule has 0 saturated carbocycles. The minimum atomic E-state index is -0.352. The van der Waals surface area contributed by atoms with E-state index in [2.05, 4.69) is 15.2 Å². The molecule has 0 aliphatic heterocycles. The van der Waals surface area contributed by atoms with Crippen molar-refractivity contribution < 1.29 is 9.13 Å². The molecule has 7 nitrogen and oxygen atoms in total. The first-order chi connectivity index (χ1) is 14.8. The molecule has 0 aliphatic rings. The molecule has 2 N–H and O–H groups in total. The highest BCUT2D eigenvalue weighted by atomic mass is 19.1. The van der Waals surface area contributed by atoms with Gasteiger partial charge in [-0.25, -0.2) is 4.39 Å². The molecular formula is C23H29FN6O. The normalized spacial score (nSPS) is 13.1. The van der Waals surface area contributed by atoms with Crippen LogP contribution in [0.4, 0.5) is 4.39 Å². The first-order valence-electron chi connectivity index (χ1n) is 10.1. The third-order valence-corrected chi connectivity index (χ3v) is 5.04. The van der Waals surface area contributed by atoms with Gasteiger partial charge in [0.05, 0.1) is 13.2 Å². The van der Waals surface area contributed by atoms with Crippen LogP contribution in [0.5, 0.6) is 5.75 Å². The molecule has 8 heteroatoms. The fourth-order valence-electron chi connectivity index (χ4n) is 3.40. The molecular weight excluding hydrogens is 395 g/mol. The Morgan fingerprint density at radius 2 is 1.97 bits per heavy atom. The number of hydrogen-bond acceptors (Lipinski definition) is 6. The van der Waals surface area contributed by atoms with Crippen molar-refractivity contribution in [2.24, 2.45) is 10.7 Å². The maximum absolute atomic E-state index is 14.0. The standard InChI is InChI=1S/C23H29FN6O/c1-15(25)19(16(2)26-3)10-11-31-21-12-18(24)7-8-20(21)17-6-9-22-27-28-23(14-29(4)5)30(22)13-17/h6-9,12-13H,10-11,14,25H2,1-5H3/b19-15-,26-16?. The van der Waals surface area contributed by atoms with Gasteiger partial charge < -0.3 is 15.4 Å². The summed E-state index contributed by atoms with van der Waals surface area (Å²) in [6.07, 6.45) is 2.54. The Hall–Kier alpha value is -3.26. The third-order valence-electron chi connectivity index (χ3n) is 5.04. The van der Waals surface area contributed by atoms with Gasteiger partial charge in [-0.05, 0) is 57.8 Å². The van der Waals surface area contributed by atoms with Gasteiger partial charge in [0.15, 0.2) is 11.5 Å². The molecule has 0 radical (unpaired) electrons. The van der Waals surface area contributed by atoms with Gasteiger partial charge in [-0.15, -0.1) is 10.2 Å². The van der Waals surface area contributed by atoms with Crippen molar-refractivity contribution in [3.05, 3.63) is 59.4 Å². The van der Waals surface area contributed by atoms with E-state index in [4.69, 9.17) is 10.5 Å². The number of rotatable bonds is 8. The van der Waals surface area contributed by atoms with Crippen LogP contribution in [0.25, 0.3) is 16.8 Å². The van der Waals surface area contributed by atoms with Crippen LogP contribution in [-0.4, -0.2) is 53.0 Å². The number of halogens is 1. The van der Waals surface area contributed by atoms with Gasteiger partial charge in [0.25, 0.3) is 0 Å². The van der Waals surface area contributed by atoms with Crippen molar-refractivity contribution in [2.75, 3.05) is 27.7 Å². The summed E-state index contributed by atoms with van der Waals surface area (Å²) in [6.45, 7) is 4.77. The summed E-state index contributed by atoms with van der Waals surface area (Å²) in [5.74, 6) is 0.949. The number of fused-ring (bicyclic) bond motifs is 1. The second kappa shape index (κ2) is 9.70. The van der Waals surface area contributed by atoms with Crippen LogP contribution >= 0.6 is 0 Å². The summed E-state index contributed by atoms with van der Waals surface area (Å²) < 4.78 is 22.0. The lowest BCUT2D eigenvalue weighted by Crippen LogP contribution is -2.13. The predicted octanol–water partition coefficient (Wildman–Crippen LogP) is 3.69. The third kappa shape index (κ3) is 5.27.